The molecule has 1 saturated heterocycles. The van der Waals surface area contributed by atoms with Gasteiger partial charge in [-0.2, -0.15) is 0 Å². The zero-order valence-electron chi connectivity index (χ0n) is 12.7. The molecular weight excluding hydrogens is 256 g/mol. The molecule has 0 aromatic heterocycles. The van der Waals surface area contributed by atoms with Crippen molar-refractivity contribution in [3.05, 3.63) is 0 Å². The Kier molecular flexibility index (Phi) is 4.68. The Morgan fingerprint density at radius 1 is 1.25 bits per heavy atom. The fraction of sp³-hybridized carbons (Fsp3) is 0.867. The van der Waals surface area contributed by atoms with Crippen LogP contribution >= 0.6 is 0 Å². The second-order valence-electron chi connectivity index (χ2n) is 6.72. The second kappa shape index (κ2) is 6.12. The Morgan fingerprint density at radius 3 is 2.50 bits per heavy atom. The Hall–Kier alpha value is -1.10. The van der Waals surface area contributed by atoms with Gasteiger partial charge in [0.15, 0.2) is 0 Å². The van der Waals surface area contributed by atoms with Gasteiger partial charge < -0.3 is 14.9 Å². The first-order chi connectivity index (χ1) is 9.40. The van der Waals surface area contributed by atoms with Crippen LogP contribution < -0.4 is 0 Å². The van der Waals surface area contributed by atoms with Gasteiger partial charge in [-0.1, -0.05) is 6.92 Å². The summed E-state index contributed by atoms with van der Waals surface area (Å²) in [5.74, 6) is -1.20. The highest BCUT2D eigenvalue weighted by Crippen LogP contribution is 2.38. The lowest BCUT2D eigenvalue weighted by Gasteiger charge is -2.30. The normalized spacial score (nSPS) is 33.9. The molecule has 114 valence electrons. The third-order valence-electron chi connectivity index (χ3n) is 4.67. The minimum atomic E-state index is -0.809. The second-order valence-corrected chi connectivity index (χ2v) is 6.72. The monoisotopic (exact) mass is 282 g/mol. The summed E-state index contributed by atoms with van der Waals surface area (Å²) in [6, 6.07) is 0.253. The smallest absolute Gasteiger partial charge is 0.307 e. The number of carbonyl (C=O) groups excluding carboxylic acids is 1. The number of hydrogen-bond acceptors (Lipinski definition) is 3. The third kappa shape index (κ3) is 3.14. The third-order valence-corrected chi connectivity index (χ3v) is 4.67. The van der Waals surface area contributed by atoms with E-state index in [1.807, 2.05) is 25.9 Å². The van der Waals surface area contributed by atoms with Crippen molar-refractivity contribution in [2.24, 2.45) is 17.8 Å². The van der Waals surface area contributed by atoms with E-state index in [1.165, 1.54) is 0 Å². The first kappa shape index (κ1) is 15.3. The number of rotatable bonds is 4. The molecule has 4 atom stereocenters. The van der Waals surface area contributed by atoms with E-state index in [4.69, 9.17) is 0 Å². The number of carbonyl (C=O) groups is 2. The van der Waals surface area contributed by atoms with Crippen LogP contribution in [0.3, 0.4) is 0 Å². The molecule has 5 heteroatoms. The number of amides is 1. The molecule has 1 heterocycles. The lowest BCUT2D eigenvalue weighted by atomic mass is 9.94. The minimum Gasteiger partial charge on any atom is -0.481 e. The Bertz CT molecular complexity index is 383. The summed E-state index contributed by atoms with van der Waals surface area (Å²) in [5, 5.41) is 9.33. The standard InChI is InChI=1S/C15H26N2O3/c1-10-7-12(13(8-10)15(19)20)14(18)17-6-4-5-11(17)9-16(2)3/h10-13H,4-9H2,1-3H3,(H,19,20). The highest BCUT2D eigenvalue weighted by molar-refractivity contribution is 5.85. The molecule has 0 aromatic carbocycles. The molecule has 1 N–H and O–H groups in total. The van der Waals surface area contributed by atoms with Crippen LogP contribution in [0.4, 0.5) is 0 Å². The fourth-order valence-corrected chi connectivity index (χ4v) is 3.79. The van der Waals surface area contributed by atoms with Gasteiger partial charge in [-0.05, 0) is 45.7 Å². The van der Waals surface area contributed by atoms with Crippen molar-refractivity contribution in [2.75, 3.05) is 27.2 Å². The van der Waals surface area contributed by atoms with Crippen molar-refractivity contribution in [3.63, 3.8) is 0 Å². The predicted octanol–water partition coefficient (Wildman–Crippen LogP) is 1.29. The Labute approximate surface area is 120 Å². The molecule has 1 aliphatic heterocycles. The highest BCUT2D eigenvalue weighted by atomic mass is 16.4. The quantitative estimate of drug-likeness (QED) is 0.844. The lowest BCUT2D eigenvalue weighted by molar-refractivity contribution is -0.149. The summed E-state index contributed by atoms with van der Waals surface area (Å²) in [5.41, 5.74) is 0. The van der Waals surface area contributed by atoms with Crippen LogP contribution in [-0.2, 0) is 9.59 Å². The first-order valence-corrected chi connectivity index (χ1v) is 7.58. The lowest BCUT2D eigenvalue weighted by Crippen LogP contribution is -2.45. The maximum absolute atomic E-state index is 12.7. The van der Waals surface area contributed by atoms with Gasteiger partial charge in [-0.25, -0.2) is 0 Å². The van der Waals surface area contributed by atoms with Crippen molar-refractivity contribution in [3.8, 4) is 0 Å². The Balaban J connectivity index is 2.07. The van der Waals surface area contributed by atoms with Crippen LogP contribution in [0.2, 0.25) is 0 Å². The molecule has 5 nitrogen and oxygen atoms in total. The summed E-state index contributed by atoms with van der Waals surface area (Å²) < 4.78 is 0. The van der Waals surface area contributed by atoms with Crippen molar-refractivity contribution in [1.29, 1.82) is 0 Å². The van der Waals surface area contributed by atoms with Gasteiger partial charge >= 0.3 is 5.97 Å². The maximum atomic E-state index is 12.7. The number of hydrogen-bond donors (Lipinski definition) is 1. The SMILES string of the molecule is CC1CC(C(=O)O)C(C(=O)N2CCCC2CN(C)C)C1. The molecular formula is C15H26N2O3. The van der Waals surface area contributed by atoms with Gasteiger partial charge in [0.25, 0.3) is 0 Å². The van der Waals surface area contributed by atoms with Crippen LogP contribution in [0.5, 0.6) is 0 Å². The van der Waals surface area contributed by atoms with Crippen LogP contribution in [-0.4, -0.2) is 60.0 Å². The molecule has 0 spiro atoms. The Morgan fingerprint density at radius 2 is 1.90 bits per heavy atom. The van der Waals surface area contributed by atoms with E-state index in [1.54, 1.807) is 0 Å². The van der Waals surface area contributed by atoms with E-state index < -0.39 is 11.9 Å². The first-order valence-electron chi connectivity index (χ1n) is 7.58. The summed E-state index contributed by atoms with van der Waals surface area (Å²) in [6.07, 6.45) is 3.42. The van der Waals surface area contributed by atoms with E-state index in [2.05, 4.69) is 4.90 Å². The minimum absolute atomic E-state index is 0.0751. The number of carboxylic acids is 1. The molecule has 2 rings (SSSR count). The number of likely N-dealkylation sites (tertiary alicyclic amines) is 1. The average Bonchev–Trinajstić information content (AvgIpc) is 2.94. The summed E-state index contributed by atoms with van der Waals surface area (Å²) >= 11 is 0. The zero-order chi connectivity index (χ0) is 14.9. The van der Waals surface area contributed by atoms with Crippen LogP contribution in [0.25, 0.3) is 0 Å². The van der Waals surface area contributed by atoms with Crippen molar-refractivity contribution in [1.82, 2.24) is 9.80 Å². The summed E-state index contributed by atoms with van der Waals surface area (Å²) in [4.78, 5) is 28.1. The number of nitrogens with zero attached hydrogens (tertiary/aromatic N) is 2. The van der Waals surface area contributed by atoms with Crippen LogP contribution in [0.15, 0.2) is 0 Å². The molecule has 2 fully saturated rings. The average molecular weight is 282 g/mol. The highest BCUT2D eigenvalue weighted by Gasteiger charge is 2.44. The number of aliphatic carboxylic acids is 1. The maximum Gasteiger partial charge on any atom is 0.307 e. The van der Waals surface area contributed by atoms with Crippen molar-refractivity contribution < 1.29 is 14.7 Å². The molecule has 1 aliphatic carbocycles. The molecule has 0 radical (unpaired) electrons. The van der Waals surface area contributed by atoms with E-state index in [9.17, 15) is 14.7 Å². The van der Waals surface area contributed by atoms with E-state index >= 15 is 0 Å². The van der Waals surface area contributed by atoms with E-state index in [0.29, 0.717) is 12.3 Å². The molecule has 0 aromatic rings. The van der Waals surface area contributed by atoms with Gasteiger partial charge in [0, 0.05) is 19.1 Å². The molecule has 4 unspecified atom stereocenters. The zero-order valence-corrected chi connectivity index (χ0v) is 12.7. The summed E-state index contributed by atoms with van der Waals surface area (Å²) in [6.45, 7) is 3.70. The van der Waals surface area contributed by atoms with Gasteiger partial charge in [0.2, 0.25) is 5.91 Å². The van der Waals surface area contributed by atoms with E-state index in [-0.39, 0.29) is 17.9 Å². The molecule has 2 aliphatic rings. The fourth-order valence-electron chi connectivity index (χ4n) is 3.79. The molecule has 1 amide bonds. The van der Waals surface area contributed by atoms with Crippen LogP contribution in [0.1, 0.15) is 32.6 Å². The number of likely N-dealkylation sites (N-methyl/N-ethyl adjacent to an activating group) is 1. The molecule has 0 bridgehead atoms. The van der Waals surface area contributed by atoms with Crippen LogP contribution in [0, 0.1) is 17.8 Å². The van der Waals surface area contributed by atoms with Gasteiger partial charge in [0.05, 0.1) is 11.8 Å². The van der Waals surface area contributed by atoms with Crippen molar-refractivity contribution >= 4 is 11.9 Å². The van der Waals surface area contributed by atoms with Gasteiger partial charge in [-0.3, -0.25) is 9.59 Å². The van der Waals surface area contributed by atoms with Gasteiger partial charge in [0.1, 0.15) is 0 Å². The van der Waals surface area contributed by atoms with Crippen molar-refractivity contribution in [2.45, 2.75) is 38.6 Å². The number of carboxylic acid groups (broad SMARTS) is 1. The molecule has 1 saturated carbocycles. The largest absolute Gasteiger partial charge is 0.481 e. The molecule has 20 heavy (non-hydrogen) atoms. The predicted molar refractivity (Wildman–Crippen MR) is 76.3 cm³/mol. The summed E-state index contributed by atoms with van der Waals surface area (Å²) in [7, 11) is 4.03. The topological polar surface area (TPSA) is 60.9 Å². The van der Waals surface area contributed by atoms with E-state index in [0.717, 1.165) is 32.4 Å². The van der Waals surface area contributed by atoms with Gasteiger partial charge in [-0.15, -0.1) is 0 Å².